The SMILES string of the molecule is [AlH3].[MgH2].[O]=[Y].[SiH4]. The van der Waals surface area contributed by atoms with Crippen LogP contribution >= 0.6 is 0 Å². The molecular formula is H9AlMgOSiY. The summed E-state index contributed by atoms with van der Waals surface area (Å²) in [4.78, 5) is 0. The van der Waals surface area contributed by atoms with E-state index in [0.29, 0.717) is 0 Å². The van der Waals surface area contributed by atoms with Gasteiger partial charge in [-0.05, 0) is 11.0 Å². The smallest absolute Gasteiger partial charge is 0.0149 e. The van der Waals surface area contributed by atoms with Crippen LogP contribution < -0.4 is 0 Å². The van der Waals surface area contributed by atoms with Crippen LogP contribution in [0.5, 0.6) is 0 Å². The van der Waals surface area contributed by atoms with Gasteiger partial charge in [-0.3, -0.25) is 0 Å². The predicted octanol–water partition coefficient (Wildman–Crippen LogP) is -3.67. The van der Waals surface area contributed by atoms with Gasteiger partial charge in [-0.25, -0.2) is 0 Å². The van der Waals surface area contributed by atoms with Crippen LogP contribution in [0.2, 0.25) is 0 Å². The maximum Gasteiger partial charge on any atom is -0.0149 e. The van der Waals surface area contributed by atoms with E-state index in [1.807, 2.05) is 0 Å². The molecule has 0 amide bonds. The van der Waals surface area contributed by atoms with Crippen molar-refractivity contribution in [3.63, 3.8) is 0 Å². The summed E-state index contributed by atoms with van der Waals surface area (Å²) in [5, 5.41) is 0. The maximum absolute atomic E-state index is 8.38. The third-order valence-corrected chi connectivity index (χ3v) is 0. The third-order valence-electron chi connectivity index (χ3n) is 0. The fraction of sp³-hybridized carbons (Fsp3) is 0. The van der Waals surface area contributed by atoms with E-state index in [-0.39, 0.29) is 82.4 Å². The molecule has 0 rings (SSSR count). The largest absolute Gasteiger partial charge is 0.0149 e. The molecule has 0 saturated heterocycles. The Morgan fingerprint density at radius 3 is 1.20 bits per heavy atom. The number of rotatable bonds is 0. The van der Waals surface area contributed by atoms with Crippen molar-refractivity contribution in [2.45, 2.75) is 0 Å². The summed E-state index contributed by atoms with van der Waals surface area (Å²) >= 11 is 0.100. The summed E-state index contributed by atoms with van der Waals surface area (Å²) < 4.78 is 8.38. The Morgan fingerprint density at radius 1 is 1.20 bits per heavy atom. The topological polar surface area (TPSA) is 17.1 Å². The van der Waals surface area contributed by atoms with Crippen molar-refractivity contribution in [1.82, 2.24) is 0 Å². The first-order valence-corrected chi connectivity index (χ1v) is 1.39. The molecule has 0 aliphatic carbocycles. The minimum atomic E-state index is 0. The van der Waals surface area contributed by atoms with Crippen LogP contribution in [0.4, 0.5) is 0 Å². The molecule has 0 aromatic rings. The number of hydrogen-bond donors (Lipinski definition) is 0. The van der Waals surface area contributed by atoms with E-state index in [2.05, 4.69) is 0 Å². The molecule has 5 heteroatoms. The van der Waals surface area contributed by atoms with Crippen molar-refractivity contribution in [1.29, 1.82) is 0 Å². The van der Waals surface area contributed by atoms with Crippen molar-refractivity contribution in [2.75, 3.05) is 0 Å². The summed E-state index contributed by atoms with van der Waals surface area (Å²) in [5.74, 6) is 0. The van der Waals surface area contributed by atoms with E-state index in [1.54, 1.807) is 0 Å². The summed E-state index contributed by atoms with van der Waals surface area (Å²) in [6.07, 6.45) is 0. The van der Waals surface area contributed by atoms with Gasteiger partial charge >= 0.3 is 56.1 Å². The van der Waals surface area contributed by atoms with Crippen LogP contribution in [0, 0.1) is 0 Å². The zero-order chi connectivity index (χ0) is 2.00. The quantitative estimate of drug-likeness (QED) is 0.362. The van der Waals surface area contributed by atoms with Gasteiger partial charge in [0.25, 0.3) is 0 Å². The molecule has 0 fully saturated rings. The molecule has 0 heterocycles. The Labute approximate surface area is 83.0 Å². The van der Waals surface area contributed by atoms with E-state index in [0.717, 1.165) is 0 Å². The molecule has 0 aliphatic rings. The molecule has 27 valence electrons. The second-order valence-electron chi connectivity index (χ2n) is 0. The summed E-state index contributed by atoms with van der Waals surface area (Å²) in [6.45, 7) is 0. The minimum Gasteiger partial charge on any atom is -0.0149 e. The standard InChI is InChI=1S/Al.Mg.O.H4Si.Y.5H/h;;;1H4;;;;;;. The van der Waals surface area contributed by atoms with Gasteiger partial charge in [0.1, 0.15) is 0 Å². The van der Waals surface area contributed by atoms with Gasteiger partial charge < -0.3 is 0 Å². The molecule has 0 radical (unpaired) electrons. The fourth-order valence-electron chi connectivity index (χ4n) is 0. The van der Waals surface area contributed by atoms with Gasteiger partial charge in [-0.15, -0.1) is 0 Å². The average Bonchev–Trinajstić information content (AvgIpc) is 1.00. The van der Waals surface area contributed by atoms with Crippen LogP contribution in [0.1, 0.15) is 0 Å². The van der Waals surface area contributed by atoms with E-state index >= 15 is 0 Å². The summed E-state index contributed by atoms with van der Waals surface area (Å²) in [5.41, 5.74) is 0. The van der Waals surface area contributed by atoms with Gasteiger partial charge in [-0.2, -0.15) is 0 Å². The summed E-state index contributed by atoms with van der Waals surface area (Å²) in [6, 6.07) is 0. The van der Waals surface area contributed by atoms with Crippen molar-refractivity contribution in [3.05, 3.63) is 0 Å². The zero-order valence-electron chi connectivity index (χ0n) is 0.986. The molecule has 5 heavy (non-hydrogen) atoms. The van der Waals surface area contributed by atoms with E-state index in [9.17, 15) is 0 Å². The van der Waals surface area contributed by atoms with Crippen LogP contribution in [0.25, 0.3) is 0 Å². The average molecular weight is 193 g/mol. The second-order valence-corrected chi connectivity index (χ2v) is 0. The molecule has 0 spiro atoms. The Balaban J connectivity index is -0.00000000167. The first-order valence-electron chi connectivity index (χ1n) is 0.236. The van der Waals surface area contributed by atoms with Crippen molar-refractivity contribution >= 4 is 51.4 Å². The van der Waals surface area contributed by atoms with Gasteiger partial charge in [0, 0.05) is 0 Å². The molecule has 0 bridgehead atoms. The van der Waals surface area contributed by atoms with Gasteiger partial charge in [0.2, 0.25) is 0 Å². The molecule has 0 saturated carbocycles. The normalized spacial score (nSPS) is 1.20. The Bertz CT molecular complexity index is 11.6. The van der Waals surface area contributed by atoms with Crippen molar-refractivity contribution in [3.8, 4) is 0 Å². The van der Waals surface area contributed by atoms with Gasteiger partial charge in [0.15, 0.2) is 17.4 Å². The molecular weight excluding hydrogens is 184 g/mol. The zero-order valence-corrected chi connectivity index (χ0v) is 3.82. The third kappa shape index (κ3) is 21.4. The Morgan fingerprint density at radius 2 is 1.20 bits per heavy atom. The first kappa shape index (κ1) is 26.1. The Hall–Kier alpha value is 2.42. The van der Waals surface area contributed by atoms with Gasteiger partial charge in [-0.1, -0.05) is 0 Å². The first-order chi connectivity index (χ1) is 1.00. The maximum atomic E-state index is 8.38. The monoisotopic (exact) mass is 193 g/mol. The Kier molecular flexibility index (Phi) is 168. The molecule has 0 atom stereocenters. The van der Waals surface area contributed by atoms with E-state index < -0.39 is 0 Å². The second kappa shape index (κ2) is 32.2. The van der Waals surface area contributed by atoms with E-state index in [4.69, 9.17) is 2.04 Å². The van der Waals surface area contributed by atoms with Crippen LogP contribution in [0.3, 0.4) is 0 Å². The number of hydrogen-bond acceptors (Lipinski definition) is 1. The fourth-order valence-corrected chi connectivity index (χ4v) is 0. The van der Waals surface area contributed by atoms with Crippen molar-refractivity contribution < 1.29 is 33.1 Å². The van der Waals surface area contributed by atoms with Crippen LogP contribution in [-0.4, -0.2) is 51.4 Å². The molecule has 0 N–H and O–H groups in total. The molecule has 0 aromatic heterocycles. The molecule has 1 nitrogen and oxygen atoms in total. The van der Waals surface area contributed by atoms with E-state index in [1.165, 1.54) is 0 Å². The van der Waals surface area contributed by atoms with Crippen LogP contribution in [-0.2, 0) is 33.1 Å². The molecule has 0 aromatic carbocycles. The molecule has 0 aliphatic heterocycles. The van der Waals surface area contributed by atoms with Crippen molar-refractivity contribution in [2.24, 2.45) is 0 Å². The predicted molar refractivity (Wildman–Crippen MR) is 30.5 cm³/mol. The molecule has 0 unspecified atom stereocenters. The van der Waals surface area contributed by atoms with Gasteiger partial charge in [0.05, 0.1) is 0 Å². The minimum absolute atomic E-state index is 0. The van der Waals surface area contributed by atoms with Crippen LogP contribution in [0.15, 0.2) is 0 Å². The summed E-state index contributed by atoms with van der Waals surface area (Å²) in [7, 11) is 0.